The summed E-state index contributed by atoms with van der Waals surface area (Å²) < 4.78 is 38.4. The van der Waals surface area contributed by atoms with Crippen LogP contribution in [0.1, 0.15) is 43.7 Å². The number of amides is 1. The van der Waals surface area contributed by atoms with Crippen LogP contribution >= 0.6 is 0 Å². The Morgan fingerprint density at radius 2 is 1.90 bits per heavy atom. The molecule has 1 amide bonds. The summed E-state index contributed by atoms with van der Waals surface area (Å²) in [4.78, 5) is 11.0. The normalized spacial score (nSPS) is 18.6. The van der Waals surface area contributed by atoms with Gasteiger partial charge in [0.15, 0.2) is 0 Å². The summed E-state index contributed by atoms with van der Waals surface area (Å²) in [5.41, 5.74) is 4.78. The van der Waals surface area contributed by atoms with Crippen LogP contribution in [0.5, 0.6) is 0 Å². The van der Waals surface area contributed by atoms with E-state index in [0.29, 0.717) is 17.9 Å². The highest BCUT2D eigenvalue weighted by atomic mass is 19.4. The van der Waals surface area contributed by atoms with Crippen LogP contribution in [0.4, 0.5) is 13.2 Å². The van der Waals surface area contributed by atoms with Crippen LogP contribution in [0.3, 0.4) is 0 Å². The molecule has 0 aliphatic heterocycles. The zero-order valence-electron chi connectivity index (χ0n) is 11.3. The van der Waals surface area contributed by atoms with Crippen molar-refractivity contribution in [2.24, 2.45) is 11.7 Å². The predicted octanol–water partition coefficient (Wildman–Crippen LogP) is 3.64. The topological polar surface area (TPSA) is 43.1 Å². The van der Waals surface area contributed by atoms with Crippen LogP contribution in [0.2, 0.25) is 0 Å². The lowest BCUT2D eigenvalue weighted by Gasteiger charge is -2.30. The van der Waals surface area contributed by atoms with Gasteiger partial charge in [0.2, 0.25) is 5.91 Å². The van der Waals surface area contributed by atoms with Gasteiger partial charge in [0.1, 0.15) is 0 Å². The number of carbonyl (C=O) groups is 1. The fourth-order valence-corrected chi connectivity index (χ4v) is 2.74. The highest BCUT2D eigenvalue weighted by Crippen LogP contribution is 2.50. The lowest BCUT2D eigenvalue weighted by atomic mass is 9.74. The predicted molar refractivity (Wildman–Crippen MR) is 69.9 cm³/mol. The van der Waals surface area contributed by atoms with E-state index in [4.69, 9.17) is 5.73 Å². The Kier molecular flexibility index (Phi) is 3.80. The van der Waals surface area contributed by atoms with Crippen molar-refractivity contribution in [1.82, 2.24) is 0 Å². The van der Waals surface area contributed by atoms with Crippen molar-refractivity contribution in [3.8, 4) is 0 Å². The molecule has 2 nitrogen and oxygen atoms in total. The molecule has 2 rings (SSSR count). The van der Waals surface area contributed by atoms with Crippen LogP contribution in [0, 0.1) is 5.92 Å². The molecule has 1 saturated carbocycles. The minimum atomic E-state index is -4.34. The quantitative estimate of drug-likeness (QED) is 0.882. The summed E-state index contributed by atoms with van der Waals surface area (Å²) in [6, 6.07) is 5.43. The summed E-state index contributed by atoms with van der Waals surface area (Å²) in [6.45, 7) is 1.93. The molecule has 0 aromatic heterocycles. The van der Waals surface area contributed by atoms with Gasteiger partial charge in [-0.3, -0.25) is 4.79 Å². The fraction of sp³-hybridized carbons (Fsp3) is 0.533. The van der Waals surface area contributed by atoms with E-state index >= 15 is 0 Å². The van der Waals surface area contributed by atoms with Crippen molar-refractivity contribution in [3.63, 3.8) is 0 Å². The SMILES string of the molecule is CC(CCC(N)=O)(c1cccc(C(F)(F)F)c1)C1CC1. The van der Waals surface area contributed by atoms with Gasteiger partial charge in [-0.1, -0.05) is 25.1 Å². The largest absolute Gasteiger partial charge is 0.416 e. The first-order chi connectivity index (χ1) is 9.23. The molecule has 1 fully saturated rings. The summed E-state index contributed by atoms with van der Waals surface area (Å²) in [5.74, 6) is -0.0748. The van der Waals surface area contributed by atoms with E-state index in [2.05, 4.69) is 0 Å². The van der Waals surface area contributed by atoms with Crippen LogP contribution in [-0.4, -0.2) is 5.91 Å². The average Bonchev–Trinajstić information content (AvgIpc) is 3.19. The van der Waals surface area contributed by atoms with Crippen molar-refractivity contribution in [3.05, 3.63) is 35.4 Å². The summed E-state index contributed by atoms with van der Waals surface area (Å²) in [5, 5.41) is 0. The molecule has 0 spiro atoms. The lowest BCUT2D eigenvalue weighted by molar-refractivity contribution is -0.137. The number of rotatable bonds is 5. The van der Waals surface area contributed by atoms with Gasteiger partial charge in [0, 0.05) is 6.42 Å². The monoisotopic (exact) mass is 285 g/mol. The Morgan fingerprint density at radius 1 is 1.30 bits per heavy atom. The fourth-order valence-electron chi connectivity index (χ4n) is 2.74. The second-order valence-electron chi connectivity index (χ2n) is 5.74. The van der Waals surface area contributed by atoms with Gasteiger partial charge in [-0.05, 0) is 42.2 Å². The number of nitrogens with two attached hydrogens (primary N) is 1. The minimum Gasteiger partial charge on any atom is -0.370 e. The smallest absolute Gasteiger partial charge is 0.370 e. The molecule has 0 radical (unpaired) electrons. The second-order valence-corrected chi connectivity index (χ2v) is 5.74. The van der Waals surface area contributed by atoms with Gasteiger partial charge in [-0.2, -0.15) is 13.2 Å². The summed E-state index contributed by atoms with van der Waals surface area (Å²) >= 11 is 0. The van der Waals surface area contributed by atoms with E-state index in [-0.39, 0.29) is 6.42 Å². The molecule has 1 aromatic carbocycles. The van der Waals surface area contributed by atoms with Gasteiger partial charge in [-0.15, -0.1) is 0 Å². The van der Waals surface area contributed by atoms with Gasteiger partial charge >= 0.3 is 6.18 Å². The highest BCUT2D eigenvalue weighted by Gasteiger charge is 2.43. The molecule has 2 N–H and O–H groups in total. The van der Waals surface area contributed by atoms with Gasteiger partial charge < -0.3 is 5.73 Å². The van der Waals surface area contributed by atoms with Crippen molar-refractivity contribution < 1.29 is 18.0 Å². The van der Waals surface area contributed by atoms with E-state index in [9.17, 15) is 18.0 Å². The maximum absolute atomic E-state index is 12.8. The summed E-state index contributed by atoms with van der Waals surface area (Å²) in [6.07, 6.45) is -1.67. The number of halogens is 3. The molecule has 5 heteroatoms. The first kappa shape index (κ1) is 14.9. The molecule has 20 heavy (non-hydrogen) atoms. The number of carbonyl (C=O) groups excluding carboxylic acids is 1. The zero-order chi connectivity index (χ0) is 15.0. The number of alkyl halides is 3. The van der Waals surface area contributed by atoms with Crippen molar-refractivity contribution in [2.75, 3.05) is 0 Å². The van der Waals surface area contributed by atoms with E-state index < -0.39 is 23.1 Å². The number of benzene rings is 1. The van der Waals surface area contributed by atoms with Crippen LogP contribution < -0.4 is 5.73 Å². The molecule has 0 heterocycles. The Balaban J connectivity index is 2.32. The van der Waals surface area contributed by atoms with Crippen molar-refractivity contribution in [1.29, 1.82) is 0 Å². The Bertz CT molecular complexity index is 508. The van der Waals surface area contributed by atoms with E-state index in [1.165, 1.54) is 12.1 Å². The number of hydrogen-bond donors (Lipinski definition) is 1. The molecular weight excluding hydrogens is 267 g/mol. The zero-order valence-corrected chi connectivity index (χ0v) is 11.3. The maximum Gasteiger partial charge on any atom is 0.416 e. The molecule has 1 unspecified atom stereocenters. The molecule has 1 aromatic rings. The molecule has 110 valence electrons. The minimum absolute atomic E-state index is 0.198. The van der Waals surface area contributed by atoms with Gasteiger partial charge in [-0.25, -0.2) is 0 Å². The van der Waals surface area contributed by atoms with E-state index in [1.807, 2.05) is 6.92 Å². The molecule has 1 aliphatic rings. The highest BCUT2D eigenvalue weighted by molar-refractivity contribution is 5.73. The molecule has 0 bridgehead atoms. The first-order valence-electron chi connectivity index (χ1n) is 6.69. The molecule has 1 atom stereocenters. The Morgan fingerprint density at radius 3 is 2.40 bits per heavy atom. The number of hydrogen-bond acceptors (Lipinski definition) is 1. The Hall–Kier alpha value is -1.52. The average molecular weight is 285 g/mol. The second kappa shape index (κ2) is 5.11. The van der Waals surface area contributed by atoms with E-state index in [1.54, 1.807) is 6.07 Å². The Labute approximate surface area is 116 Å². The maximum atomic E-state index is 12.8. The first-order valence-corrected chi connectivity index (χ1v) is 6.69. The number of primary amides is 1. The molecular formula is C15H18F3NO. The third-order valence-electron chi connectivity index (χ3n) is 4.22. The van der Waals surface area contributed by atoms with Gasteiger partial charge in [0.25, 0.3) is 0 Å². The third kappa shape index (κ3) is 3.14. The van der Waals surface area contributed by atoms with E-state index in [0.717, 1.165) is 18.9 Å². The third-order valence-corrected chi connectivity index (χ3v) is 4.22. The lowest BCUT2D eigenvalue weighted by Crippen LogP contribution is -2.27. The summed E-state index contributed by atoms with van der Waals surface area (Å²) in [7, 11) is 0. The molecule has 1 aliphatic carbocycles. The van der Waals surface area contributed by atoms with Crippen LogP contribution in [0.15, 0.2) is 24.3 Å². The standard InChI is InChI=1S/C15H18F3NO/c1-14(10-5-6-10,8-7-13(19)20)11-3-2-4-12(9-11)15(16,17)18/h2-4,9-10H,5-8H2,1H3,(H2,19,20). The molecule has 0 saturated heterocycles. The van der Waals surface area contributed by atoms with Crippen molar-refractivity contribution in [2.45, 2.75) is 44.2 Å². The van der Waals surface area contributed by atoms with Crippen molar-refractivity contribution >= 4 is 5.91 Å². The van der Waals surface area contributed by atoms with Gasteiger partial charge in [0.05, 0.1) is 5.56 Å². The van der Waals surface area contributed by atoms with Crippen LogP contribution in [-0.2, 0) is 16.4 Å². The van der Waals surface area contributed by atoms with Crippen LogP contribution in [0.25, 0.3) is 0 Å².